The minimum absolute atomic E-state index is 0.174. The summed E-state index contributed by atoms with van der Waals surface area (Å²) < 4.78 is 1.64. The number of aromatic nitrogens is 4. The summed E-state index contributed by atoms with van der Waals surface area (Å²) in [4.78, 5) is 30.0. The lowest BCUT2D eigenvalue weighted by Crippen LogP contribution is -2.35. The molecule has 1 unspecified atom stereocenters. The van der Waals surface area contributed by atoms with Crippen LogP contribution in [0.4, 0.5) is 0 Å². The molecule has 8 heteroatoms. The summed E-state index contributed by atoms with van der Waals surface area (Å²) in [6, 6.07) is 7.67. The van der Waals surface area contributed by atoms with Gasteiger partial charge in [-0.1, -0.05) is 17.3 Å². The Morgan fingerprint density at radius 3 is 2.81 bits per heavy atom. The van der Waals surface area contributed by atoms with Crippen LogP contribution in [0.25, 0.3) is 16.5 Å². The van der Waals surface area contributed by atoms with Gasteiger partial charge in [-0.2, -0.15) is 0 Å². The van der Waals surface area contributed by atoms with Crippen LogP contribution >= 0.6 is 0 Å². The Bertz CT molecular complexity index is 1060. The smallest absolute Gasteiger partial charge is 0.311 e. The highest BCUT2D eigenvalue weighted by Gasteiger charge is 2.43. The van der Waals surface area contributed by atoms with Crippen molar-refractivity contribution >= 4 is 22.6 Å². The molecule has 3 heterocycles. The number of pyridine rings is 1. The standard InChI is InChI=1S/C19H19N5O3/c1-12-16(17(25)23-9-7-19(2,11-23)18(26)27)21-22-24(12)15-5-3-4-13-10-20-8-6-14(13)15/h3-6,8,10H,7,9,11H2,1-2H3,(H,26,27). The minimum atomic E-state index is -0.914. The number of amides is 1. The monoisotopic (exact) mass is 365 g/mol. The molecule has 0 spiro atoms. The number of carboxylic acid groups (broad SMARTS) is 1. The van der Waals surface area contributed by atoms with Crippen LogP contribution in [0.15, 0.2) is 36.7 Å². The fourth-order valence-electron chi connectivity index (χ4n) is 3.50. The van der Waals surface area contributed by atoms with Gasteiger partial charge in [-0.3, -0.25) is 14.6 Å². The van der Waals surface area contributed by atoms with Crippen LogP contribution in [-0.4, -0.2) is 55.0 Å². The molecule has 1 atom stereocenters. The Morgan fingerprint density at radius 1 is 1.26 bits per heavy atom. The van der Waals surface area contributed by atoms with Crippen molar-refractivity contribution in [2.75, 3.05) is 13.1 Å². The number of aliphatic carboxylic acids is 1. The number of carbonyl (C=O) groups excluding carboxylic acids is 1. The summed E-state index contributed by atoms with van der Waals surface area (Å²) in [6.45, 7) is 4.03. The van der Waals surface area contributed by atoms with E-state index in [9.17, 15) is 14.7 Å². The van der Waals surface area contributed by atoms with Crippen LogP contribution in [0.5, 0.6) is 0 Å². The van der Waals surface area contributed by atoms with Crippen LogP contribution < -0.4 is 0 Å². The molecule has 27 heavy (non-hydrogen) atoms. The number of fused-ring (bicyclic) bond motifs is 1. The van der Waals surface area contributed by atoms with Crippen molar-refractivity contribution in [2.24, 2.45) is 5.41 Å². The van der Waals surface area contributed by atoms with Crippen molar-refractivity contribution in [3.05, 3.63) is 48.0 Å². The molecule has 0 saturated carbocycles. The molecular formula is C19H19N5O3. The molecule has 4 rings (SSSR count). The summed E-state index contributed by atoms with van der Waals surface area (Å²) in [6.07, 6.45) is 3.91. The molecule has 1 fully saturated rings. The van der Waals surface area contributed by atoms with E-state index in [4.69, 9.17) is 0 Å². The maximum Gasteiger partial charge on any atom is 0.311 e. The molecule has 1 N–H and O–H groups in total. The maximum atomic E-state index is 12.9. The summed E-state index contributed by atoms with van der Waals surface area (Å²) in [7, 11) is 0. The number of carbonyl (C=O) groups is 2. The molecule has 2 aromatic heterocycles. The van der Waals surface area contributed by atoms with Crippen LogP contribution in [0, 0.1) is 12.3 Å². The van der Waals surface area contributed by atoms with Crippen molar-refractivity contribution in [3.63, 3.8) is 0 Å². The van der Waals surface area contributed by atoms with Gasteiger partial charge in [0.05, 0.1) is 16.8 Å². The normalized spacial score (nSPS) is 19.6. The molecule has 0 radical (unpaired) electrons. The Morgan fingerprint density at radius 2 is 2.07 bits per heavy atom. The molecule has 138 valence electrons. The predicted molar refractivity (Wildman–Crippen MR) is 97.7 cm³/mol. The topological polar surface area (TPSA) is 101 Å². The van der Waals surface area contributed by atoms with Crippen LogP contribution in [0.1, 0.15) is 29.5 Å². The van der Waals surface area contributed by atoms with Gasteiger partial charge in [0.25, 0.3) is 5.91 Å². The maximum absolute atomic E-state index is 12.9. The molecular weight excluding hydrogens is 346 g/mol. The lowest BCUT2D eigenvalue weighted by Gasteiger charge is -2.19. The molecule has 1 amide bonds. The van der Waals surface area contributed by atoms with Gasteiger partial charge in [0.1, 0.15) is 0 Å². The van der Waals surface area contributed by atoms with E-state index in [1.165, 1.54) is 0 Å². The van der Waals surface area contributed by atoms with Crippen molar-refractivity contribution in [1.82, 2.24) is 24.9 Å². The second kappa shape index (κ2) is 6.15. The van der Waals surface area contributed by atoms with E-state index < -0.39 is 11.4 Å². The lowest BCUT2D eigenvalue weighted by molar-refractivity contribution is -0.147. The number of benzene rings is 1. The fourth-order valence-corrected chi connectivity index (χ4v) is 3.50. The minimum Gasteiger partial charge on any atom is -0.481 e. The quantitative estimate of drug-likeness (QED) is 0.762. The van der Waals surface area contributed by atoms with E-state index in [1.54, 1.807) is 35.8 Å². The highest BCUT2D eigenvalue weighted by molar-refractivity contribution is 5.95. The molecule has 0 aliphatic carbocycles. The van der Waals surface area contributed by atoms with E-state index in [-0.39, 0.29) is 18.1 Å². The van der Waals surface area contributed by atoms with Crippen LogP contribution in [-0.2, 0) is 4.79 Å². The lowest BCUT2D eigenvalue weighted by atomic mass is 9.90. The van der Waals surface area contributed by atoms with Gasteiger partial charge in [0.15, 0.2) is 5.69 Å². The fraction of sp³-hybridized carbons (Fsp3) is 0.316. The second-order valence-electron chi connectivity index (χ2n) is 7.15. The third-order valence-electron chi connectivity index (χ3n) is 5.26. The first-order valence-electron chi connectivity index (χ1n) is 8.69. The zero-order chi connectivity index (χ0) is 19.2. The van der Waals surface area contributed by atoms with Gasteiger partial charge in [0, 0.05) is 36.3 Å². The largest absolute Gasteiger partial charge is 0.481 e. The van der Waals surface area contributed by atoms with Crippen molar-refractivity contribution in [3.8, 4) is 5.69 Å². The Labute approximate surface area is 155 Å². The number of rotatable bonds is 3. The summed E-state index contributed by atoms with van der Waals surface area (Å²) in [5.74, 6) is -1.17. The summed E-state index contributed by atoms with van der Waals surface area (Å²) in [5.41, 5.74) is 0.766. The average Bonchev–Trinajstić information content (AvgIpc) is 3.25. The first-order chi connectivity index (χ1) is 12.9. The van der Waals surface area contributed by atoms with Crippen molar-refractivity contribution in [2.45, 2.75) is 20.3 Å². The SMILES string of the molecule is Cc1c(C(=O)N2CCC(C)(C(=O)O)C2)nnn1-c1cccc2cnccc12. The number of hydrogen-bond acceptors (Lipinski definition) is 5. The van der Waals surface area contributed by atoms with E-state index in [0.717, 1.165) is 16.5 Å². The average molecular weight is 365 g/mol. The Hall–Kier alpha value is -3.29. The van der Waals surface area contributed by atoms with Gasteiger partial charge in [0.2, 0.25) is 0 Å². The van der Waals surface area contributed by atoms with E-state index in [0.29, 0.717) is 18.7 Å². The third-order valence-corrected chi connectivity index (χ3v) is 5.26. The van der Waals surface area contributed by atoms with Gasteiger partial charge in [-0.15, -0.1) is 5.10 Å². The predicted octanol–water partition coefficient (Wildman–Crippen LogP) is 2.06. The van der Waals surface area contributed by atoms with Gasteiger partial charge < -0.3 is 10.0 Å². The van der Waals surface area contributed by atoms with Crippen LogP contribution in [0.3, 0.4) is 0 Å². The van der Waals surface area contributed by atoms with Crippen molar-refractivity contribution < 1.29 is 14.7 Å². The summed E-state index contributed by atoms with van der Waals surface area (Å²) in [5, 5.41) is 19.6. The van der Waals surface area contributed by atoms with E-state index in [2.05, 4.69) is 15.3 Å². The molecule has 1 aliphatic heterocycles. The molecule has 1 aliphatic rings. The highest BCUT2D eigenvalue weighted by Crippen LogP contribution is 2.31. The first kappa shape index (κ1) is 17.1. The third kappa shape index (κ3) is 2.73. The van der Waals surface area contributed by atoms with Gasteiger partial charge >= 0.3 is 5.97 Å². The highest BCUT2D eigenvalue weighted by atomic mass is 16.4. The van der Waals surface area contributed by atoms with Crippen molar-refractivity contribution in [1.29, 1.82) is 0 Å². The Kier molecular flexibility index (Phi) is 3.91. The second-order valence-corrected chi connectivity index (χ2v) is 7.15. The number of likely N-dealkylation sites (tertiary alicyclic amines) is 1. The summed E-state index contributed by atoms with van der Waals surface area (Å²) >= 11 is 0. The van der Waals surface area contributed by atoms with Gasteiger partial charge in [-0.25, -0.2) is 4.68 Å². The van der Waals surface area contributed by atoms with Gasteiger partial charge in [-0.05, 0) is 32.4 Å². The number of carboxylic acids is 1. The van der Waals surface area contributed by atoms with E-state index >= 15 is 0 Å². The molecule has 3 aromatic rings. The first-order valence-corrected chi connectivity index (χ1v) is 8.69. The zero-order valence-electron chi connectivity index (χ0n) is 15.1. The molecule has 1 aromatic carbocycles. The number of hydrogen-bond donors (Lipinski definition) is 1. The van der Waals surface area contributed by atoms with Crippen LogP contribution in [0.2, 0.25) is 0 Å². The number of nitrogens with zero attached hydrogens (tertiary/aromatic N) is 5. The molecule has 0 bridgehead atoms. The zero-order valence-corrected chi connectivity index (χ0v) is 15.1. The molecule has 1 saturated heterocycles. The molecule has 8 nitrogen and oxygen atoms in total. The Balaban J connectivity index is 1.69. The van der Waals surface area contributed by atoms with E-state index in [1.807, 2.05) is 24.3 Å².